The fourth-order valence-corrected chi connectivity index (χ4v) is 2.99. The summed E-state index contributed by atoms with van der Waals surface area (Å²) in [5.74, 6) is 0.966. The maximum Gasteiger partial charge on any atom is 0.120 e. The third-order valence-electron chi connectivity index (χ3n) is 4.41. The molecular weight excluding hydrogens is 310 g/mol. The Balaban J connectivity index is 1.28. The average Bonchev–Trinajstić information content (AvgIpc) is 2.65. The predicted molar refractivity (Wildman–Crippen MR) is 104 cm³/mol. The molecule has 0 saturated heterocycles. The molecule has 1 aromatic heterocycles. The largest absolute Gasteiger partial charge is 0.494 e. The molecule has 25 heavy (non-hydrogen) atoms. The fourth-order valence-electron chi connectivity index (χ4n) is 2.99. The van der Waals surface area contributed by atoms with Crippen molar-refractivity contribution in [3.63, 3.8) is 0 Å². The minimum atomic E-state index is 0.779. The van der Waals surface area contributed by atoms with Gasteiger partial charge in [-0.25, -0.2) is 0 Å². The molecular formula is C21H27N3O. The fraction of sp³-hybridized carbons (Fsp3) is 0.381. The normalized spacial score (nSPS) is 12.9. The number of likely N-dealkylation sites (N-methyl/N-ethyl adjacent to an activating group) is 1. The van der Waals surface area contributed by atoms with Gasteiger partial charge in [-0.2, -0.15) is 0 Å². The van der Waals surface area contributed by atoms with E-state index in [4.69, 9.17) is 4.74 Å². The highest BCUT2D eigenvalue weighted by Gasteiger charge is 2.09. The average molecular weight is 337 g/mol. The van der Waals surface area contributed by atoms with Crippen molar-refractivity contribution in [2.24, 2.45) is 0 Å². The van der Waals surface area contributed by atoms with E-state index in [2.05, 4.69) is 58.7 Å². The first-order valence-electron chi connectivity index (χ1n) is 9.07. The first-order valence-corrected chi connectivity index (χ1v) is 9.07. The third-order valence-corrected chi connectivity index (χ3v) is 4.41. The van der Waals surface area contributed by atoms with Crippen LogP contribution in [0.1, 0.15) is 30.4 Å². The molecule has 0 radical (unpaired) electrons. The van der Waals surface area contributed by atoms with E-state index in [1.54, 1.807) is 6.20 Å². The zero-order chi connectivity index (χ0) is 17.3. The lowest BCUT2D eigenvalue weighted by molar-refractivity contribution is 0.305. The number of unbranched alkanes of at least 4 members (excludes halogenated alkanes) is 2. The SMILES string of the molecule is CN1CC=Cc2cc(OCCCCCNCc3cccnc3)ccc21. The van der Waals surface area contributed by atoms with Crippen LogP contribution in [-0.2, 0) is 6.54 Å². The summed E-state index contributed by atoms with van der Waals surface area (Å²) in [5.41, 5.74) is 3.75. The summed E-state index contributed by atoms with van der Waals surface area (Å²) in [7, 11) is 2.12. The van der Waals surface area contributed by atoms with Crippen LogP contribution in [0.4, 0.5) is 5.69 Å². The Morgan fingerprint density at radius 2 is 2.16 bits per heavy atom. The van der Waals surface area contributed by atoms with Gasteiger partial charge in [-0.15, -0.1) is 0 Å². The van der Waals surface area contributed by atoms with Gasteiger partial charge in [0.2, 0.25) is 0 Å². The van der Waals surface area contributed by atoms with Crippen LogP contribution in [0, 0.1) is 0 Å². The van der Waals surface area contributed by atoms with E-state index < -0.39 is 0 Å². The molecule has 4 nitrogen and oxygen atoms in total. The van der Waals surface area contributed by atoms with Crippen molar-refractivity contribution in [3.05, 3.63) is 59.9 Å². The van der Waals surface area contributed by atoms with E-state index in [1.807, 2.05) is 12.3 Å². The molecule has 4 heteroatoms. The second kappa shape index (κ2) is 9.23. The van der Waals surface area contributed by atoms with E-state index in [9.17, 15) is 0 Å². The van der Waals surface area contributed by atoms with Crippen LogP contribution in [-0.4, -0.2) is 31.7 Å². The molecule has 0 fully saturated rings. The van der Waals surface area contributed by atoms with Crippen molar-refractivity contribution in [2.45, 2.75) is 25.8 Å². The zero-order valence-electron chi connectivity index (χ0n) is 14.9. The van der Waals surface area contributed by atoms with Crippen molar-refractivity contribution in [1.82, 2.24) is 10.3 Å². The number of rotatable bonds is 9. The number of hydrogen-bond donors (Lipinski definition) is 1. The van der Waals surface area contributed by atoms with Gasteiger partial charge in [0.15, 0.2) is 0 Å². The first kappa shape index (κ1) is 17.5. The van der Waals surface area contributed by atoms with Gasteiger partial charge in [-0.1, -0.05) is 18.2 Å². The van der Waals surface area contributed by atoms with Gasteiger partial charge in [-0.3, -0.25) is 4.98 Å². The summed E-state index contributed by atoms with van der Waals surface area (Å²) >= 11 is 0. The second-order valence-corrected chi connectivity index (χ2v) is 6.45. The molecule has 1 aromatic carbocycles. The van der Waals surface area contributed by atoms with Crippen LogP contribution in [0.25, 0.3) is 6.08 Å². The van der Waals surface area contributed by atoms with Crippen molar-refractivity contribution in [2.75, 3.05) is 31.6 Å². The lowest BCUT2D eigenvalue weighted by atomic mass is 10.1. The molecule has 0 unspecified atom stereocenters. The van der Waals surface area contributed by atoms with Gasteiger partial charge in [0.25, 0.3) is 0 Å². The number of nitrogens with zero attached hydrogens (tertiary/aromatic N) is 2. The van der Waals surface area contributed by atoms with Gasteiger partial charge >= 0.3 is 0 Å². The van der Waals surface area contributed by atoms with Crippen molar-refractivity contribution in [3.8, 4) is 5.75 Å². The molecule has 1 aliphatic heterocycles. The summed E-state index contributed by atoms with van der Waals surface area (Å²) in [6.07, 6.45) is 11.5. The molecule has 0 spiro atoms. The Labute approximate surface area is 150 Å². The summed E-state index contributed by atoms with van der Waals surface area (Å²) < 4.78 is 5.90. The number of fused-ring (bicyclic) bond motifs is 1. The Morgan fingerprint density at radius 1 is 1.20 bits per heavy atom. The number of anilines is 1. The maximum absolute atomic E-state index is 5.90. The number of pyridine rings is 1. The first-order chi connectivity index (χ1) is 12.3. The van der Waals surface area contributed by atoms with E-state index in [1.165, 1.54) is 29.7 Å². The Morgan fingerprint density at radius 3 is 3.04 bits per heavy atom. The van der Waals surface area contributed by atoms with Crippen LogP contribution in [0.2, 0.25) is 0 Å². The Kier molecular flexibility index (Phi) is 6.46. The Bertz CT molecular complexity index is 685. The van der Waals surface area contributed by atoms with E-state index in [-0.39, 0.29) is 0 Å². The molecule has 2 aromatic rings. The minimum absolute atomic E-state index is 0.779. The second-order valence-electron chi connectivity index (χ2n) is 6.45. The number of ether oxygens (including phenoxy) is 1. The van der Waals surface area contributed by atoms with Gasteiger partial charge in [0.05, 0.1) is 6.61 Å². The topological polar surface area (TPSA) is 37.4 Å². The standard InChI is InChI=1S/C21H27N3O/c1-24-13-6-8-19-15-20(9-10-21(19)24)25-14-4-2-3-11-22-16-18-7-5-12-23-17-18/h5-10,12,15,17,22H,2-4,11,13-14,16H2,1H3. The molecule has 0 amide bonds. The van der Waals surface area contributed by atoms with E-state index in [0.717, 1.165) is 38.4 Å². The van der Waals surface area contributed by atoms with Crippen LogP contribution in [0.15, 0.2) is 48.8 Å². The molecule has 132 valence electrons. The van der Waals surface area contributed by atoms with Gasteiger partial charge < -0.3 is 15.0 Å². The molecule has 0 saturated carbocycles. The van der Waals surface area contributed by atoms with E-state index in [0.29, 0.717) is 0 Å². The van der Waals surface area contributed by atoms with Gasteiger partial charge in [0.1, 0.15) is 5.75 Å². The maximum atomic E-state index is 5.90. The van der Waals surface area contributed by atoms with Crippen LogP contribution < -0.4 is 15.0 Å². The van der Waals surface area contributed by atoms with Crippen molar-refractivity contribution < 1.29 is 4.74 Å². The van der Waals surface area contributed by atoms with Gasteiger partial charge in [-0.05, 0) is 55.6 Å². The summed E-state index contributed by atoms with van der Waals surface area (Å²) in [6, 6.07) is 10.4. The Hall–Kier alpha value is -2.33. The number of hydrogen-bond acceptors (Lipinski definition) is 4. The lowest BCUT2D eigenvalue weighted by Crippen LogP contribution is -2.20. The summed E-state index contributed by atoms with van der Waals surface area (Å²) in [6.45, 7) is 3.68. The van der Waals surface area contributed by atoms with Crippen molar-refractivity contribution in [1.29, 1.82) is 0 Å². The highest BCUT2D eigenvalue weighted by atomic mass is 16.5. The van der Waals surface area contributed by atoms with E-state index >= 15 is 0 Å². The van der Waals surface area contributed by atoms with Crippen molar-refractivity contribution >= 4 is 11.8 Å². The van der Waals surface area contributed by atoms with Gasteiger partial charge in [0, 0.05) is 43.8 Å². The number of aromatic nitrogens is 1. The predicted octanol–water partition coefficient (Wildman–Crippen LogP) is 3.88. The molecule has 2 heterocycles. The minimum Gasteiger partial charge on any atom is -0.494 e. The smallest absolute Gasteiger partial charge is 0.120 e. The summed E-state index contributed by atoms with van der Waals surface area (Å²) in [4.78, 5) is 6.37. The molecule has 1 aliphatic rings. The number of benzene rings is 1. The molecule has 1 N–H and O–H groups in total. The molecule has 0 atom stereocenters. The molecule has 0 bridgehead atoms. The zero-order valence-corrected chi connectivity index (χ0v) is 14.9. The quantitative estimate of drug-likeness (QED) is 0.705. The molecule has 0 aliphatic carbocycles. The third kappa shape index (κ3) is 5.33. The van der Waals surface area contributed by atoms with Crippen LogP contribution >= 0.6 is 0 Å². The highest BCUT2D eigenvalue weighted by Crippen LogP contribution is 2.28. The lowest BCUT2D eigenvalue weighted by Gasteiger charge is -2.23. The number of nitrogens with one attached hydrogen (secondary N) is 1. The molecule has 3 rings (SSSR count). The van der Waals surface area contributed by atoms with Crippen LogP contribution in [0.5, 0.6) is 5.75 Å². The highest BCUT2D eigenvalue weighted by molar-refractivity contribution is 5.72. The monoisotopic (exact) mass is 337 g/mol. The van der Waals surface area contributed by atoms with Crippen LogP contribution in [0.3, 0.4) is 0 Å². The summed E-state index contributed by atoms with van der Waals surface area (Å²) in [5, 5.41) is 3.46.